The predicted octanol–water partition coefficient (Wildman–Crippen LogP) is 3.87. The molecule has 144 valence electrons. The number of hydrogen-bond acceptors (Lipinski definition) is 4. The van der Waals surface area contributed by atoms with Crippen molar-refractivity contribution in [2.45, 2.75) is 18.8 Å². The lowest BCUT2D eigenvalue weighted by Gasteiger charge is -2.32. The number of aromatic nitrogens is 2. The van der Waals surface area contributed by atoms with Gasteiger partial charge < -0.3 is 10.0 Å². The number of likely N-dealkylation sites (tertiary alicyclic amines) is 1. The van der Waals surface area contributed by atoms with Gasteiger partial charge in [0.05, 0.1) is 16.1 Å². The van der Waals surface area contributed by atoms with E-state index in [1.54, 1.807) is 34.2 Å². The summed E-state index contributed by atoms with van der Waals surface area (Å²) in [4.78, 5) is 27.2. The number of aryl methyl sites for hydroxylation is 1. The van der Waals surface area contributed by atoms with E-state index in [0.29, 0.717) is 18.8 Å². The Hall–Kier alpha value is -2.93. The summed E-state index contributed by atoms with van der Waals surface area (Å²) < 4.78 is 1.75. The molecule has 1 aliphatic rings. The molecule has 4 rings (SSSR count). The van der Waals surface area contributed by atoms with Gasteiger partial charge in [0.15, 0.2) is 5.69 Å². The molecule has 0 aliphatic carbocycles. The predicted molar refractivity (Wildman–Crippen MR) is 108 cm³/mol. The number of carbonyl (C=O) groups excluding carboxylic acids is 1. The topological polar surface area (TPSA) is 75.4 Å². The van der Waals surface area contributed by atoms with Gasteiger partial charge in [-0.15, -0.1) is 11.3 Å². The largest absolute Gasteiger partial charge is 0.478 e. The number of aromatic carboxylic acids is 1. The maximum absolute atomic E-state index is 13.0. The number of thiophene rings is 1. The number of benzene rings is 1. The van der Waals surface area contributed by atoms with Crippen molar-refractivity contribution in [1.82, 2.24) is 14.7 Å². The first-order chi connectivity index (χ1) is 13.5. The summed E-state index contributed by atoms with van der Waals surface area (Å²) in [6, 6.07) is 12.9. The van der Waals surface area contributed by atoms with E-state index in [4.69, 9.17) is 0 Å². The molecule has 3 heterocycles. The molecule has 0 saturated carbocycles. The number of hydrogen-bond donors (Lipinski definition) is 1. The molecule has 1 aliphatic heterocycles. The highest BCUT2D eigenvalue weighted by Gasteiger charge is 2.27. The lowest BCUT2D eigenvalue weighted by Crippen LogP contribution is -2.39. The van der Waals surface area contributed by atoms with Gasteiger partial charge in [0.1, 0.15) is 0 Å². The molecule has 1 N–H and O–H groups in total. The van der Waals surface area contributed by atoms with Gasteiger partial charge in [0.25, 0.3) is 5.91 Å². The molecule has 2 aromatic heterocycles. The SMILES string of the molecule is Cn1nc(C(=O)N2CCCC(c3cccc(C(=O)O)c3)C2)cc1-c1cccs1. The van der Waals surface area contributed by atoms with E-state index in [2.05, 4.69) is 5.10 Å². The van der Waals surface area contributed by atoms with Crippen molar-refractivity contribution in [3.05, 3.63) is 64.7 Å². The zero-order valence-corrected chi connectivity index (χ0v) is 16.4. The van der Waals surface area contributed by atoms with Gasteiger partial charge in [-0.1, -0.05) is 18.2 Å². The third-order valence-corrected chi connectivity index (χ3v) is 6.08. The van der Waals surface area contributed by atoms with Crippen LogP contribution in [0.3, 0.4) is 0 Å². The zero-order chi connectivity index (χ0) is 19.7. The molecule has 7 heteroatoms. The molecule has 28 heavy (non-hydrogen) atoms. The molecule has 1 atom stereocenters. The van der Waals surface area contributed by atoms with Crippen LogP contribution in [0.15, 0.2) is 47.8 Å². The summed E-state index contributed by atoms with van der Waals surface area (Å²) in [5.74, 6) is -0.866. The minimum atomic E-state index is -0.930. The van der Waals surface area contributed by atoms with E-state index in [0.717, 1.165) is 29.0 Å². The van der Waals surface area contributed by atoms with Crippen LogP contribution in [0.25, 0.3) is 10.6 Å². The Labute approximate surface area is 167 Å². The number of carbonyl (C=O) groups is 2. The van der Waals surface area contributed by atoms with Crippen LogP contribution in [0.4, 0.5) is 0 Å². The van der Waals surface area contributed by atoms with Gasteiger partial charge in [-0.25, -0.2) is 4.79 Å². The van der Waals surface area contributed by atoms with E-state index in [-0.39, 0.29) is 17.4 Å². The maximum Gasteiger partial charge on any atom is 0.335 e. The number of nitrogens with zero attached hydrogens (tertiary/aromatic N) is 3. The summed E-state index contributed by atoms with van der Waals surface area (Å²) in [5, 5.41) is 15.7. The highest BCUT2D eigenvalue weighted by molar-refractivity contribution is 7.13. The third-order valence-electron chi connectivity index (χ3n) is 5.19. The molecule has 1 unspecified atom stereocenters. The van der Waals surface area contributed by atoms with Crippen molar-refractivity contribution in [1.29, 1.82) is 0 Å². The Balaban J connectivity index is 1.53. The quantitative estimate of drug-likeness (QED) is 0.728. The minimum absolute atomic E-state index is 0.0718. The fourth-order valence-electron chi connectivity index (χ4n) is 3.75. The first-order valence-electron chi connectivity index (χ1n) is 9.23. The molecule has 0 spiro atoms. The second-order valence-electron chi connectivity index (χ2n) is 7.04. The van der Waals surface area contributed by atoms with E-state index < -0.39 is 5.97 Å². The molecule has 3 aromatic rings. The van der Waals surface area contributed by atoms with Gasteiger partial charge in [-0.3, -0.25) is 9.48 Å². The molecule has 1 aromatic carbocycles. The van der Waals surface area contributed by atoms with Crippen molar-refractivity contribution in [2.24, 2.45) is 7.05 Å². The molecular formula is C21H21N3O3S. The molecular weight excluding hydrogens is 374 g/mol. The van der Waals surface area contributed by atoms with E-state index in [1.807, 2.05) is 41.6 Å². The van der Waals surface area contributed by atoms with E-state index >= 15 is 0 Å². The second-order valence-corrected chi connectivity index (χ2v) is 7.98. The Bertz CT molecular complexity index is 1010. The number of amides is 1. The summed E-state index contributed by atoms with van der Waals surface area (Å²) in [6.07, 6.45) is 1.83. The van der Waals surface area contributed by atoms with Crippen molar-refractivity contribution < 1.29 is 14.7 Å². The standard InChI is InChI=1S/C21H21N3O3S/c1-23-18(19-8-4-10-28-19)12-17(22-23)20(25)24-9-3-7-16(13-24)14-5-2-6-15(11-14)21(26)27/h2,4-6,8,10-12,16H,3,7,9,13H2,1H3,(H,26,27). The molecule has 0 bridgehead atoms. The van der Waals surface area contributed by atoms with Crippen molar-refractivity contribution in [2.75, 3.05) is 13.1 Å². The normalized spacial score (nSPS) is 16.9. The summed E-state index contributed by atoms with van der Waals surface area (Å²) in [5.41, 5.74) is 2.64. The highest BCUT2D eigenvalue weighted by atomic mass is 32.1. The van der Waals surface area contributed by atoms with Gasteiger partial charge in [0, 0.05) is 26.1 Å². The highest BCUT2D eigenvalue weighted by Crippen LogP contribution is 2.29. The summed E-state index contributed by atoms with van der Waals surface area (Å²) >= 11 is 1.62. The van der Waals surface area contributed by atoms with Crippen LogP contribution in [-0.4, -0.2) is 44.8 Å². The smallest absolute Gasteiger partial charge is 0.335 e. The van der Waals surface area contributed by atoms with Crippen LogP contribution in [0.2, 0.25) is 0 Å². The third kappa shape index (κ3) is 3.57. The van der Waals surface area contributed by atoms with Crippen LogP contribution in [0, 0.1) is 0 Å². The van der Waals surface area contributed by atoms with Crippen LogP contribution < -0.4 is 0 Å². The van der Waals surface area contributed by atoms with Crippen LogP contribution in [-0.2, 0) is 7.05 Å². The van der Waals surface area contributed by atoms with Crippen LogP contribution >= 0.6 is 11.3 Å². The maximum atomic E-state index is 13.0. The summed E-state index contributed by atoms with van der Waals surface area (Å²) in [6.45, 7) is 1.27. The number of rotatable bonds is 4. The second kappa shape index (κ2) is 7.59. The fourth-order valence-corrected chi connectivity index (χ4v) is 4.52. The lowest BCUT2D eigenvalue weighted by atomic mass is 9.89. The van der Waals surface area contributed by atoms with Crippen molar-refractivity contribution in [3.8, 4) is 10.6 Å². The molecule has 1 saturated heterocycles. The lowest BCUT2D eigenvalue weighted by molar-refractivity contribution is 0.0685. The molecule has 6 nitrogen and oxygen atoms in total. The summed E-state index contributed by atoms with van der Waals surface area (Å²) in [7, 11) is 1.85. The Morgan fingerprint density at radius 2 is 2.07 bits per heavy atom. The molecule has 1 amide bonds. The first kappa shape index (κ1) is 18.4. The average Bonchev–Trinajstić information content (AvgIpc) is 3.37. The van der Waals surface area contributed by atoms with E-state index in [1.165, 1.54) is 0 Å². The van der Waals surface area contributed by atoms with E-state index in [9.17, 15) is 14.7 Å². The minimum Gasteiger partial charge on any atom is -0.478 e. The molecule has 0 radical (unpaired) electrons. The van der Waals surface area contributed by atoms with Crippen molar-refractivity contribution in [3.63, 3.8) is 0 Å². The average molecular weight is 395 g/mol. The number of carboxylic acids is 1. The number of carboxylic acid groups (broad SMARTS) is 1. The zero-order valence-electron chi connectivity index (χ0n) is 15.5. The Morgan fingerprint density at radius 1 is 1.21 bits per heavy atom. The fraction of sp³-hybridized carbons (Fsp3) is 0.286. The number of piperidine rings is 1. The van der Waals surface area contributed by atoms with Crippen LogP contribution in [0.5, 0.6) is 0 Å². The Kier molecular flexibility index (Phi) is 5.00. The molecule has 1 fully saturated rings. The van der Waals surface area contributed by atoms with Gasteiger partial charge in [0.2, 0.25) is 0 Å². The Morgan fingerprint density at radius 3 is 2.82 bits per heavy atom. The first-order valence-corrected chi connectivity index (χ1v) is 10.1. The monoisotopic (exact) mass is 395 g/mol. The van der Waals surface area contributed by atoms with Gasteiger partial charge in [-0.2, -0.15) is 5.10 Å². The van der Waals surface area contributed by atoms with Crippen LogP contribution in [0.1, 0.15) is 45.2 Å². The van der Waals surface area contributed by atoms with Crippen molar-refractivity contribution >= 4 is 23.2 Å². The van der Waals surface area contributed by atoms with Gasteiger partial charge >= 0.3 is 5.97 Å². The van der Waals surface area contributed by atoms with Gasteiger partial charge in [-0.05, 0) is 48.1 Å².